The minimum atomic E-state index is -0.889. The third kappa shape index (κ3) is 14.1. The Hall–Kier alpha value is -2.46. The number of aliphatic hydroxyl groups excluding tert-OH is 3. The standard InChI is InChI=1S/C45H75NO12/c1-28-15-18-34(48)23-35-13-12-14-36(57-35)24-39(53-9)45(26-56-45)40(54-10)25-38(52-8)32(5)44(58-41(50)20-16-28)33(6)42(51)29(2)17-19-37(49)31(4)43(55-11)30(3)21-22-46(7)27-47/h12-13,15-16,20-22,27,29-40,42-44,48-49,51H,14,17-19,23-26H2,1-11H3/b20-16+,22-21+,28-15+/t29-,30+,31-,32-,33-,34-,35?,36-,37?,38+,39-,40-,42-,43+,44-,45-/m0/s1. The zero-order valence-electron chi connectivity index (χ0n) is 36.9. The molecule has 0 aromatic carbocycles. The number of aliphatic hydroxyl groups is 3. The third-order valence-corrected chi connectivity index (χ3v) is 12.8. The van der Waals surface area contributed by atoms with Crippen molar-refractivity contribution in [1.29, 1.82) is 0 Å². The van der Waals surface area contributed by atoms with E-state index in [4.69, 9.17) is 33.2 Å². The Bertz CT molecular complexity index is 1360. The summed E-state index contributed by atoms with van der Waals surface area (Å²) in [4.78, 5) is 26.0. The molecule has 1 saturated heterocycles. The molecule has 1 spiro atoms. The summed E-state index contributed by atoms with van der Waals surface area (Å²) in [5, 5.41) is 34.0. The molecule has 1 fully saturated rings. The van der Waals surface area contributed by atoms with Crippen molar-refractivity contribution in [2.24, 2.45) is 29.6 Å². The molecule has 0 aromatic rings. The lowest BCUT2D eigenvalue weighted by molar-refractivity contribution is -0.159. The molecule has 0 aliphatic carbocycles. The van der Waals surface area contributed by atoms with Crippen molar-refractivity contribution < 1.29 is 58.1 Å². The largest absolute Gasteiger partial charge is 0.458 e. The third-order valence-electron chi connectivity index (χ3n) is 12.8. The van der Waals surface area contributed by atoms with E-state index in [1.165, 1.54) is 11.0 Å². The molecule has 0 saturated carbocycles. The first kappa shape index (κ1) is 49.9. The number of cyclic esters (lactones) is 1. The second-order valence-electron chi connectivity index (χ2n) is 17.1. The van der Waals surface area contributed by atoms with Gasteiger partial charge in [0.2, 0.25) is 6.41 Å². The molecule has 332 valence electrons. The van der Waals surface area contributed by atoms with Gasteiger partial charge in [-0.1, -0.05) is 70.6 Å². The number of methoxy groups -OCH3 is 4. The molecule has 16 atom stereocenters. The molecule has 0 radical (unpaired) electrons. The van der Waals surface area contributed by atoms with E-state index in [1.807, 2.05) is 59.8 Å². The van der Waals surface area contributed by atoms with Gasteiger partial charge in [-0.15, -0.1) is 0 Å². The van der Waals surface area contributed by atoms with E-state index < -0.39 is 54.1 Å². The van der Waals surface area contributed by atoms with Crippen LogP contribution < -0.4 is 0 Å². The Kier molecular flexibility index (Phi) is 20.7. The molecule has 3 heterocycles. The maximum Gasteiger partial charge on any atom is 0.331 e. The Morgan fingerprint density at radius 2 is 1.66 bits per heavy atom. The molecule has 58 heavy (non-hydrogen) atoms. The number of hydrogen-bond donors (Lipinski definition) is 3. The Morgan fingerprint density at radius 3 is 2.26 bits per heavy atom. The van der Waals surface area contributed by atoms with Crippen LogP contribution in [0, 0.1) is 29.6 Å². The van der Waals surface area contributed by atoms with Crippen molar-refractivity contribution in [2.45, 2.75) is 153 Å². The fourth-order valence-corrected chi connectivity index (χ4v) is 8.80. The van der Waals surface area contributed by atoms with Gasteiger partial charge in [-0.2, -0.15) is 0 Å². The van der Waals surface area contributed by atoms with Crippen LogP contribution in [0.4, 0.5) is 0 Å². The Morgan fingerprint density at radius 1 is 0.983 bits per heavy atom. The predicted molar refractivity (Wildman–Crippen MR) is 222 cm³/mol. The highest BCUT2D eigenvalue weighted by Crippen LogP contribution is 2.43. The van der Waals surface area contributed by atoms with E-state index in [0.29, 0.717) is 45.1 Å². The number of epoxide rings is 1. The quantitative estimate of drug-likeness (QED) is 0.0812. The summed E-state index contributed by atoms with van der Waals surface area (Å²) in [6, 6.07) is 0. The van der Waals surface area contributed by atoms with Crippen LogP contribution in [0.2, 0.25) is 0 Å². The van der Waals surface area contributed by atoms with E-state index in [-0.39, 0.29) is 48.1 Å². The molecular formula is C45H75NO12. The number of carbonyl (C=O) groups is 2. The lowest BCUT2D eigenvalue weighted by Crippen LogP contribution is -2.50. The predicted octanol–water partition coefficient (Wildman–Crippen LogP) is 5.16. The number of carbonyl (C=O) groups excluding carboxylic acids is 2. The second kappa shape index (κ2) is 24.1. The van der Waals surface area contributed by atoms with Crippen LogP contribution in [-0.4, -0.2) is 141 Å². The number of rotatable bonds is 16. The van der Waals surface area contributed by atoms with Crippen molar-refractivity contribution >= 4 is 12.4 Å². The summed E-state index contributed by atoms with van der Waals surface area (Å²) in [5.41, 5.74) is 0.0593. The lowest BCUT2D eigenvalue weighted by atomic mass is 9.78. The maximum absolute atomic E-state index is 13.5. The van der Waals surface area contributed by atoms with Gasteiger partial charge < -0.3 is 53.4 Å². The zero-order chi connectivity index (χ0) is 43.2. The highest BCUT2D eigenvalue weighted by atomic mass is 16.6. The van der Waals surface area contributed by atoms with Gasteiger partial charge in [0, 0.05) is 90.7 Å². The molecule has 1 amide bonds. The van der Waals surface area contributed by atoms with Crippen molar-refractivity contribution in [3.8, 4) is 0 Å². The highest BCUT2D eigenvalue weighted by molar-refractivity contribution is 5.82. The van der Waals surface area contributed by atoms with Crippen molar-refractivity contribution in [2.75, 3.05) is 42.1 Å². The average Bonchev–Trinajstić information content (AvgIpc) is 4.02. The summed E-state index contributed by atoms with van der Waals surface area (Å²) in [6.07, 6.45) is 11.9. The van der Waals surface area contributed by atoms with Crippen LogP contribution in [0.15, 0.2) is 48.2 Å². The van der Waals surface area contributed by atoms with Crippen LogP contribution in [0.25, 0.3) is 0 Å². The number of esters is 1. The highest BCUT2D eigenvalue weighted by Gasteiger charge is 2.59. The molecule has 3 N–H and O–H groups in total. The monoisotopic (exact) mass is 822 g/mol. The lowest BCUT2D eigenvalue weighted by Gasteiger charge is -2.39. The molecule has 0 aromatic heterocycles. The fourth-order valence-electron chi connectivity index (χ4n) is 8.80. The van der Waals surface area contributed by atoms with E-state index in [1.54, 1.807) is 47.8 Å². The Balaban J connectivity index is 1.86. The smallest absolute Gasteiger partial charge is 0.331 e. The van der Waals surface area contributed by atoms with Gasteiger partial charge in [0.25, 0.3) is 0 Å². The molecule has 2 unspecified atom stereocenters. The second-order valence-corrected chi connectivity index (χ2v) is 17.1. The van der Waals surface area contributed by atoms with Crippen molar-refractivity contribution in [1.82, 2.24) is 4.90 Å². The number of ether oxygens (including phenoxy) is 7. The minimum absolute atomic E-state index is 0.0676. The minimum Gasteiger partial charge on any atom is -0.458 e. The van der Waals surface area contributed by atoms with Gasteiger partial charge in [0.1, 0.15) is 11.7 Å². The van der Waals surface area contributed by atoms with E-state index in [0.717, 1.165) is 18.4 Å². The van der Waals surface area contributed by atoms with Gasteiger partial charge >= 0.3 is 5.97 Å². The van der Waals surface area contributed by atoms with Crippen LogP contribution >= 0.6 is 0 Å². The molecule has 3 rings (SSSR count). The van der Waals surface area contributed by atoms with Crippen LogP contribution in [0.1, 0.15) is 86.5 Å². The van der Waals surface area contributed by atoms with E-state index >= 15 is 0 Å². The van der Waals surface area contributed by atoms with Crippen molar-refractivity contribution in [3.63, 3.8) is 0 Å². The zero-order valence-corrected chi connectivity index (χ0v) is 36.9. The summed E-state index contributed by atoms with van der Waals surface area (Å²) in [7, 11) is 8.21. The van der Waals surface area contributed by atoms with Gasteiger partial charge in [-0.25, -0.2) is 4.79 Å². The van der Waals surface area contributed by atoms with Crippen LogP contribution in [0.5, 0.6) is 0 Å². The van der Waals surface area contributed by atoms with E-state index in [9.17, 15) is 24.9 Å². The number of amides is 1. The SMILES string of the molecule is CO[C@H]([C@H](C)/C=C/N(C)C=O)[C@@H](C)C(O)CC[C@H](C)[C@H](O)[C@H](C)[C@H]1OC(=O)/C=C/C(C)=C/C[C@H](O)CC2C=CC[C@@H](C[C@H](OC)[C@@]3(CO3)[C@@H](OC)C[C@@H](OC)[C@@H]1C)O2. The normalized spacial score (nSPS) is 35.4. The molecule has 2 bridgehead atoms. The molecule has 13 nitrogen and oxygen atoms in total. The fraction of sp³-hybridized carbons (Fsp3) is 0.778. The van der Waals surface area contributed by atoms with Gasteiger partial charge in [0.05, 0.1) is 61.5 Å². The van der Waals surface area contributed by atoms with E-state index in [2.05, 4.69) is 6.08 Å². The van der Waals surface area contributed by atoms with Crippen molar-refractivity contribution in [3.05, 3.63) is 48.2 Å². The maximum atomic E-state index is 13.5. The molecule has 3 aliphatic heterocycles. The van der Waals surface area contributed by atoms with Gasteiger partial charge in [-0.05, 0) is 38.5 Å². The summed E-state index contributed by atoms with van der Waals surface area (Å²) in [6.45, 7) is 12.0. The summed E-state index contributed by atoms with van der Waals surface area (Å²) < 4.78 is 43.0. The van der Waals surface area contributed by atoms with Gasteiger partial charge in [0.15, 0.2) is 0 Å². The topological polar surface area (TPSA) is 166 Å². The summed E-state index contributed by atoms with van der Waals surface area (Å²) >= 11 is 0. The van der Waals surface area contributed by atoms with Gasteiger partial charge in [-0.3, -0.25) is 4.79 Å². The molecule has 13 heteroatoms. The first-order valence-electron chi connectivity index (χ1n) is 21.1. The first-order chi connectivity index (χ1) is 27.5. The molecule has 3 aliphatic rings. The molecular weight excluding hydrogens is 746 g/mol. The number of hydrogen-bond acceptors (Lipinski definition) is 12. The number of fused-ring (bicyclic) bond motifs is 2. The number of allylic oxidation sites excluding steroid dienone is 2. The first-order valence-corrected chi connectivity index (χ1v) is 21.1. The summed E-state index contributed by atoms with van der Waals surface area (Å²) in [5.74, 6) is -2.02. The average molecular weight is 822 g/mol. The number of nitrogens with zero attached hydrogens (tertiary/aromatic N) is 1. The Labute approximate surface area is 347 Å². The van der Waals surface area contributed by atoms with Crippen LogP contribution in [0.3, 0.4) is 0 Å². The van der Waals surface area contributed by atoms with Crippen LogP contribution in [-0.2, 0) is 42.7 Å².